The molecule has 2 aliphatic carbocycles. The maximum absolute atomic E-state index is 9.82. The topological polar surface area (TPSA) is 111 Å². The van der Waals surface area contributed by atoms with Crippen molar-refractivity contribution in [2.75, 3.05) is 5.32 Å². The van der Waals surface area contributed by atoms with E-state index in [9.17, 15) is 10.4 Å². The molecule has 2 saturated carbocycles. The van der Waals surface area contributed by atoms with Gasteiger partial charge in [0.1, 0.15) is 17.5 Å². The molecule has 35 heavy (non-hydrogen) atoms. The first-order chi connectivity index (χ1) is 16.6. The minimum atomic E-state index is -0.169. The first-order valence-electron chi connectivity index (χ1n) is 12.0. The van der Waals surface area contributed by atoms with Gasteiger partial charge in [-0.2, -0.15) is 5.26 Å². The van der Waals surface area contributed by atoms with Gasteiger partial charge in [-0.1, -0.05) is 6.07 Å². The first kappa shape index (κ1) is 23.3. The van der Waals surface area contributed by atoms with Gasteiger partial charge < -0.3 is 15.4 Å². The Bertz CT molecular complexity index is 1400. The summed E-state index contributed by atoms with van der Waals surface area (Å²) in [6.07, 6.45) is 7.47. The third kappa shape index (κ3) is 5.00. The van der Waals surface area contributed by atoms with Crippen LogP contribution in [0.3, 0.4) is 0 Å². The van der Waals surface area contributed by atoms with Crippen LogP contribution in [-0.4, -0.2) is 31.1 Å². The number of nitriles is 1. The number of halogens is 1. The van der Waals surface area contributed by atoms with Crippen LogP contribution >= 0.6 is 12.4 Å². The Morgan fingerprint density at radius 2 is 1.71 bits per heavy atom. The summed E-state index contributed by atoms with van der Waals surface area (Å²) in [4.78, 5) is 17.6. The number of pyridine rings is 2. The molecule has 2 fully saturated rings. The molecule has 0 unspecified atom stereocenters. The van der Waals surface area contributed by atoms with E-state index in [4.69, 9.17) is 9.97 Å². The van der Waals surface area contributed by atoms with E-state index in [1.807, 2.05) is 0 Å². The quantitative estimate of drug-likeness (QED) is 0.321. The number of aromatic amines is 1. The molecule has 3 heterocycles. The number of nitrogens with one attached hydrogen (secondary N) is 2. The molecule has 2 aliphatic rings. The minimum Gasteiger partial charge on any atom is -0.393 e. The van der Waals surface area contributed by atoms with Crippen LogP contribution in [0.2, 0.25) is 0 Å². The normalized spacial score (nSPS) is 19.7. The molecule has 3 N–H and O–H groups in total. The number of aromatic nitrogens is 4. The van der Waals surface area contributed by atoms with Crippen LogP contribution < -0.4 is 5.32 Å². The largest absolute Gasteiger partial charge is 0.393 e. The van der Waals surface area contributed by atoms with Crippen LogP contribution in [0.1, 0.15) is 67.3 Å². The van der Waals surface area contributed by atoms with Crippen molar-refractivity contribution in [3.63, 3.8) is 0 Å². The molecule has 4 aromatic rings. The zero-order valence-electron chi connectivity index (χ0n) is 19.2. The van der Waals surface area contributed by atoms with Crippen LogP contribution in [0, 0.1) is 11.3 Å². The fourth-order valence-corrected chi connectivity index (χ4v) is 4.85. The molecular weight excluding hydrogens is 460 g/mol. The summed E-state index contributed by atoms with van der Waals surface area (Å²) in [5, 5.41) is 22.3. The van der Waals surface area contributed by atoms with Gasteiger partial charge in [0.05, 0.1) is 34.5 Å². The van der Waals surface area contributed by atoms with Gasteiger partial charge in [0.2, 0.25) is 0 Å². The highest BCUT2D eigenvalue weighted by molar-refractivity contribution is 5.85. The number of aliphatic hydroxyl groups is 1. The van der Waals surface area contributed by atoms with Crippen molar-refractivity contribution >= 4 is 35.1 Å². The Morgan fingerprint density at radius 3 is 2.49 bits per heavy atom. The third-order valence-electron chi connectivity index (χ3n) is 6.92. The van der Waals surface area contributed by atoms with Crippen molar-refractivity contribution in [1.82, 2.24) is 19.9 Å². The number of fused-ring (bicyclic) bond motifs is 1. The average molecular weight is 487 g/mol. The second-order valence-electron chi connectivity index (χ2n) is 9.47. The number of aliphatic hydroxyl groups excluding tert-OH is 1. The standard InChI is InChI=1S/C27H26N6O.ClH/c28-15-16-9-10-29-25(11-16)33-26-14-20(17-1-2-17)13-23(30-26)19-5-8-22-24(12-19)32-27(31-22)18-3-6-21(34)7-4-18;/h5,8-14,17-18,21,34H,1-4,6-7H2,(H,31,32)(H,29,30,33);1H. The number of benzene rings is 1. The summed E-state index contributed by atoms with van der Waals surface area (Å²) in [5.41, 5.74) is 5.74. The fraction of sp³-hybridized carbons (Fsp3) is 0.333. The number of hydrogen-bond acceptors (Lipinski definition) is 6. The Morgan fingerprint density at radius 1 is 0.914 bits per heavy atom. The van der Waals surface area contributed by atoms with Crippen molar-refractivity contribution in [2.24, 2.45) is 0 Å². The second-order valence-corrected chi connectivity index (χ2v) is 9.47. The molecule has 0 atom stereocenters. The van der Waals surface area contributed by atoms with Gasteiger partial charge in [-0.15, -0.1) is 12.4 Å². The molecule has 6 rings (SSSR count). The highest BCUT2D eigenvalue weighted by Crippen LogP contribution is 2.42. The van der Waals surface area contributed by atoms with Crippen LogP contribution in [-0.2, 0) is 0 Å². The fourth-order valence-electron chi connectivity index (χ4n) is 4.85. The van der Waals surface area contributed by atoms with Crippen molar-refractivity contribution < 1.29 is 5.11 Å². The van der Waals surface area contributed by atoms with Crippen molar-refractivity contribution in [1.29, 1.82) is 5.26 Å². The minimum absolute atomic E-state index is 0. The summed E-state index contributed by atoms with van der Waals surface area (Å²) in [6, 6.07) is 16.1. The summed E-state index contributed by atoms with van der Waals surface area (Å²) in [7, 11) is 0. The summed E-state index contributed by atoms with van der Waals surface area (Å²) < 4.78 is 0. The van der Waals surface area contributed by atoms with Crippen LogP contribution in [0.15, 0.2) is 48.7 Å². The van der Waals surface area contributed by atoms with E-state index < -0.39 is 0 Å². The molecule has 0 spiro atoms. The molecule has 1 aromatic carbocycles. The van der Waals surface area contributed by atoms with E-state index in [1.165, 1.54) is 18.4 Å². The van der Waals surface area contributed by atoms with E-state index in [0.717, 1.165) is 59.6 Å². The molecular formula is C27H27ClN6O. The predicted octanol–water partition coefficient (Wildman–Crippen LogP) is 5.95. The summed E-state index contributed by atoms with van der Waals surface area (Å²) in [6.45, 7) is 0. The SMILES string of the molecule is Cl.N#Cc1ccnc(Nc2cc(C3CC3)cc(-c3ccc4nc(C5CCC(O)CC5)[nH]c4c3)n2)c1. The molecule has 0 aliphatic heterocycles. The van der Waals surface area contributed by atoms with Crippen molar-refractivity contribution in [2.45, 2.75) is 56.5 Å². The van der Waals surface area contributed by atoms with Gasteiger partial charge in [-0.05, 0) is 86.4 Å². The van der Waals surface area contributed by atoms with Gasteiger partial charge in [-0.3, -0.25) is 0 Å². The first-order valence-corrected chi connectivity index (χ1v) is 12.0. The lowest BCUT2D eigenvalue weighted by Gasteiger charge is -2.23. The zero-order valence-corrected chi connectivity index (χ0v) is 20.1. The maximum atomic E-state index is 9.82. The number of rotatable bonds is 5. The van der Waals surface area contributed by atoms with E-state index in [1.54, 1.807) is 18.3 Å². The summed E-state index contributed by atoms with van der Waals surface area (Å²) in [5.74, 6) is 3.31. The van der Waals surface area contributed by atoms with Crippen molar-refractivity contribution in [3.05, 3.63) is 65.6 Å². The highest BCUT2D eigenvalue weighted by Gasteiger charge is 2.26. The van der Waals surface area contributed by atoms with Gasteiger partial charge in [-0.25, -0.2) is 15.0 Å². The third-order valence-corrected chi connectivity index (χ3v) is 6.92. The van der Waals surface area contributed by atoms with Crippen LogP contribution in [0.25, 0.3) is 22.3 Å². The smallest absolute Gasteiger partial charge is 0.132 e. The molecule has 3 aromatic heterocycles. The Balaban J connectivity index is 0.00000253. The lowest BCUT2D eigenvalue weighted by atomic mass is 9.87. The lowest BCUT2D eigenvalue weighted by Crippen LogP contribution is -2.17. The van der Waals surface area contributed by atoms with E-state index in [-0.39, 0.29) is 18.5 Å². The maximum Gasteiger partial charge on any atom is 0.132 e. The molecule has 0 amide bonds. The molecule has 0 saturated heterocycles. The van der Waals surface area contributed by atoms with Crippen molar-refractivity contribution in [3.8, 4) is 17.3 Å². The molecule has 178 valence electrons. The van der Waals surface area contributed by atoms with Gasteiger partial charge in [0, 0.05) is 17.7 Å². The van der Waals surface area contributed by atoms with E-state index in [2.05, 4.69) is 51.7 Å². The number of hydrogen-bond donors (Lipinski definition) is 3. The Hall–Kier alpha value is -3.47. The molecule has 7 nitrogen and oxygen atoms in total. The van der Waals surface area contributed by atoms with E-state index in [0.29, 0.717) is 23.2 Å². The predicted molar refractivity (Wildman–Crippen MR) is 138 cm³/mol. The monoisotopic (exact) mass is 486 g/mol. The Kier molecular flexibility index (Phi) is 6.42. The highest BCUT2D eigenvalue weighted by atomic mass is 35.5. The number of anilines is 2. The molecule has 0 bridgehead atoms. The van der Waals surface area contributed by atoms with Gasteiger partial charge in [0.25, 0.3) is 0 Å². The molecule has 0 radical (unpaired) electrons. The number of imidazole rings is 1. The molecule has 8 heteroatoms. The van der Waals surface area contributed by atoms with Crippen LogP contribution in [0.5, 0.6) is 0 Å². The second kappa shape index (κ2) is 9.65. The van der Waals surface area contributed by atoms with E-state index >= 15 is 0 Å². The number of nitrogens with zero attached hydrogens (tertiary/aromatic N) is 4. The average Bonchev–Trinajstić information content (AvgIpc) is 3.63. The van der Waals surface area contributed by atoms with Crippen LogP contribution in [0.4, 0.5) is 11.6 Å². The zero-order chi connectivity index (χ0) is 23.1. The number of H-pyrrole nitrogens is 1. The van der Waals surface area contributed by atoms with Gasteiger partial charge >= 0.3 is 0 Å². The summed E-state index contributed by atoms with van der Waals surface area (Å²) >= 11 is 0. The van der Waals surface area contributed by atoms with Gasteiger partial charge in [0.15, 0.2) is 0 Å². The Labute approximate surface area is 210 Å². The lowest BCUT2D eigenvalue weighted by molar-refractivity contribution is 0.121.